The van der Waals surface area contributed by atoms with Crippen molar-refractivity contribution in [3.8, 4) is 0 Å². The third-order valence-electron chi connectivity index (χ3n) is 21.0. The fourth-order valence-corrected chi connectivity index (χ4v) is 16.4. The van der Waals surface area contributed by atoms with Crippen LogP contribution in [-0.4, -0.2) is 233 Å². The molecule has 0 spiro atoms. The fraction of sp³-hybridized carbons (Fsp3) is 0.907. The summed E-state index contributed by atoms with van der Waals surface area (Å²) >= 11 is 0. The minimum Gasteiger partial charge on any atom is -0.481 e. The van der Waals surface area contributed by atoms with Gasteiger partial charge in [-0.05, 0) is 105 Å². The van der Waals surface area contributed by atoms with Crippen molar-refractivity contribution >= 4 is 17.9 Å². The van der Waals surface area contributed by atoms with Crippen molar-refractivity contribution in [3.05, 3.63) is 11.6 Å². The van der Waals surface area contributed by atoms with Gasteiger partial charge in [-0.2, -0.15) is 0 Å². The van der Waals surface area contributed by atoms with Gasteiger partial charge in [0.25, 0.3) is 0 Å². The Hall–Kier alpha value is -2.61. The van der Waals surface area contributed by atoms with Crippen molar-refractivity contribution in [1.82, 2.24) is 0 Å². The maximum absolute atomic E-state index is 15.4. The third kappa shape index (κ3) is 9.82. The van der Waals surface area contributed by atoms with Crippen LogP contribution >= 0.6 is 0 Å². The van der Waals surface area contributed by atoms with Crippen LogP contribution < -0.4 is 0 Å². The van der Waals surface area contributed by atoms with E-state index in [-0.39, 0.29) is 30.6 Å². The molecule has 4 saturated carbocycles. The molecule has 25 nitrogen and oxygen atoms in total. The standard InChI is InChI=1S/C54H84O25/c1-21-39(74-22(2)56)40(76-43-36(65)32(61)26(58)19-71-43)38(67)45(73-21)77-41-33(62)27(59)20-72-46(41)79-48(70)54-14-13-49(3,4)15-24(54)23-9-10-29-50(5)16-25(57)42(78-44-37(66)35(64)34(63)28(18-55)75-44)53(8,47(68)69)30(50)11-12-51(29,6)52(23,7)17-31(54)60/h9,21,24-46,55,57-67H,10-20H2,1-8H3,(H,68,69)/t21-,24-,25-,26+,27+,28+,29+,30+,31+,32+,33+,34+,35-,36-,37+,38+,39-,40-,41-,42-,43-,44-,45-,46-,50+,51+,52+,53-,54+/m0/s1. The number of carboxylic acid groups (broad SMARTS) is 1. The second-order valence-electron chi connectivity index (χ2n) is 26.0. The van der Waals surface area contributed by atoms with Gasteiger partial charge in [-0.15, -0.1) is 0 Å². The van der Waals surface area contributed by atoms with E-state index in [0.29, 0.717) is 32.1 Å². The first-order chi connectivity index (χ1) is 36.8. The molecular weight excluding hydrogens is 1050 g/mol. The Kier molecular flexibility index (Phi) is 16.8. The molecule has 4 saturated heterocycles. The first-order valence-electron chi connectivity index (χ1n) is 27.7. The first kappa shape index (κ1) is 61.0. The molecule has 450 valence electrons. The zero-order valence-corrected chi connectivity index (χ0v) is 45.9. The molecule has 25 heteroatoms. The Balaban J connectivity index is 0.992. The smallest absolute Gasteiger partial charge is 0.317 e. The summed E-state index contributed by atoms with van der Waals surface area (Å²) in [5.41, 5.74) is -5.20. The van der Waals surface area contributed by atoms with E-state index >= 15 is 4.79 Å². The number of aliphatic hydroxyl groups excluding tert-OH is 12. The lowest BCUT2D eigenvalue weighted by molar-refractivity contribution is -0.371. The summed E-state index contributed by atoms with van der Waals surface area (Å²) < 4.78 is 52.9. The van der Waals surface area contributed by atoms with Gasteiger partial charge in [0, 0.05) is 6.92 Å². The molecular formula is C54H84O25. The number of rotatable bonds is 11. The molecule has 4 aliphatic heterocycles. The van der Waals surface area contributed by atoms with Crippen LogP contribution in [0.3, 0.4) is 0 Å². The van der Waals surface area contributed by atoms with Crippen LogP contribution in [0.15, 0.2) is 11.6 Å². The molecule has 0 amide bonds. The van der Waals surface area contributed by atoms with Crippen molar-refractivity contribution in [2.75, 3.05) is 19.8 Å². The first-order valence-corrected chi connectivity index (χ1v) is 27.7. The molecule has 9 rings (SSSR count). The van der Waals surface area contributed by atoms with Crippen molar-refractivity contribution < 1.29 is 123 Å². The van der Waals surface area contributed by atoms with Crippen LogP contribution in [0, 0.1) is 50.2 Å². The van der Waals surface area contributed by atoms with E-state index in [1.165, 1.54) is 13.8 Å². The van der Waals surface area contributed by atoms with Crippen molar-refractivity contribution in [2.24, 2.45) is 50.2 Å². The fourth-order valence-electron chi connectivity index (χ4n) is 16.4. The molecule has 5 aliphatic carbocycles. The van der Waals surface area contributed by atoms with Gasteiger partial charge >= 0.3 is 17.9 Å². The van der Waals surface area contributed by atoms with Crippen molar-refractivity contribution in [1.29, 1.82) is 0 Å². The lowest BCUT2D eigenvalue weighted by atomic mass is 9.33. The molecule has 13 N–H and O–H groups in total. The van der Waals surface area contributed by atoms with Gasteiger partial charge in [-0.3, -0.25) is 14.4 Å². The SMILES string of the molecule is CC(=O)O[C@@H]1[C@@H](O[C@@H]2OC[C@@H](O)[C@@H](O)[C@@H]2O)[C@@H](O)[C@H](O[C@@H]2[C@H](OC(=O)[C@]34CCC(C)(C)C[C@H]3C3=CC[C@@H]5[C@@]6(C)C[C@H](O)[C@H](O[C@@H]7O[C@H](CO)[C@@H](O)[C@H](O)[C@H]7O)[C@@](C)(C(=O)O)[C@@H]6CC[C@@]5(C)[C@]3(C)C[C@H]4O)OC[C@@H](O)[C@H]2O)O[C@H]1C. The number of allylic oxidation sites excluding steroid dienone is 2. The second kappa shape index (κ2) is 21.8. The molecule has 0 bridgehead atoms. The molecule has 8 fully saturated rings. The maximum atomic E-state index is 15.4. The largest absolute Gasteiger partial charge is 0.481 e. The van der Waals surface area contributed by atoms with Crippen molar-refractivity contribution in [2.45, 2.75) is 236 Å². The minimum absolute atomic E-state index is 0.0537. The van der Waals surface area contributed by atoms with Gasteiger partial charge in [0.05, 0.1) is 43.5 Å². The average Bonchev–Trinajstić information content (AvgIpc) is 2.15. The van der Waals surface area contributed by atoms with Gasteiger partial charge in [-0.25, -0.2) is 0 Å². The lowest BCUT2D eigenvalue weighted by Crippen LogP contribution is -2.71. The Morgan fingerprint density at radius 3 is 1.90 bits per heavy atom. The average molecular weight is 1130 g/mol. The summed E-state index contributed by atoms with van der Waals surface area (Å²) in [6.07, 6.45) is -29.6. The summed E-state index contributed by atoms with van der Waals surface area (Å²) in [5.74, 6) is -4.50. The Labute approximate surface area is 457 Å². The highest BCUT2D eigenvalue weighted by Gasteiger charge is 2.74. The van der Waals surface area contributed by atoms with Gasteiger partial charge in [0.1, 0.15) is 78.7 Å². The Morgan fingerprint density at radius 1 is 0.633 bits per heavy atom. The normalized spacial score (nSPS) is 53.4. The number of ether oxygens (including phenoxy) is 9. The molecule has 0 radical (unpaired) electrons. The molecule has 4 heterocycles. The second-order valence-corrected chi connectivity index (χ2v) is 26.0. The molecule has 9 aliphatic rings. The number of hydrogen-bond acceptors (Lipinski definition) is 24. The summed E-state index contributed by atoms with van der Waals surface area (Å²) in [6, 6.07) is 0. The zero-order valence-electron chi connectivity index (χ0n) is 45.9. The molecule has 29 atom stereocenters. The van der Waals surface area contributed by atoms with Crippen LogP contribution in [-0.2, 0) is 57.0 Å². The van der Waals surface area contributed by atoms with E-state index in [4.69, 9.17) is 42.6 Å². The lowest BCUT2D eigenvalue weighted by Gasteiger charge is -2.71. The number of carboxylic acids is 1. The molecule has 0 aromatic rings. The summed E-state index contributed by atoms with van der Waals surface area (Å²) in [5, 5.41) is 143. The molecule has 0 aromatic heterocycles. The molecule has 0 unspecified atom stereocenters. The van der Waals surface area contributed by atoms with Crippen LogP contribution in [0.25, 0.3) is 0 Å². The number of aliphatic hydroxyl groups is 12. The Morgan fingerprint density at radius 2 is 1.25 bits per heavy atom. The number of carbonyl (C=O) groups excluding carboxylic acids is 2. The molecule has 79 heavy (non-hydrogen) atoms. The number of hydrogen-bond donors (Lipinski definition) is 13. The monoisotopic (exact) mass is 1130 g/mol. The minimum atomic E-state index is -1.92. The van der Waals surface area contributed by atoms with E-state index < -0.39 is 206 Å². The zero-order chi connectivity index (χ0) is 58.0. The van der Waals surface area contributed by atoms with Crippen LogP contribution in [0.5, 0.6) is 0 Å². The predicted molar refractivity (Wildman–Crippen MR) is 264 cm³/mol. The van der Waals surface area contributed by atoms with Crippen LogP contribution in [0.4, 0.5) is 0 Å². The predicted octanol–water partition coefficient (Wildman–Crippen LogP) is -2.15. The van der Waals surface area contributed by atoms with Gasteiger partial charge in [0.2, 0.25) is 6.29 Å². The summed E-state index contributed by atoms with van der Waals surface area (Å²) in [4.78, 5) is 41.4. The topological polar surface area (TPSA) is 397 Å². The number of esters is 2. The molecule has 0 aromatic carbocycles. The van der Waals surface area contributed by atoms with Gasteiger partial charge in [-0.1, -0.05) is 46.3 Å². The van der Waals surface area contributed by atoms with E-state index in [9.17, 15) is 76.0 Å². The highest BCUT2D eigenvalue weighted by molar-refractivity contribution is 5.80. The number of fused-ring (bicyclic) bond motifs is 7. The van der Waals surface area contributed by atoms with E-state index in [2.05, 4.69) is 33.8 Å². The van der Waals surface area contributed by atoms with Crippen LogP contribution in [0.2, 0.25) is 0 Å². The van der Waals surface area contributed by atoms with Gasteiger partial charge < -0.3 is 109 Å². The van der Waals surface area contributed by atoms with E-state index in [0.717, 1.165) is 12.5 Å². The van der Waals surface area contributed by atoms with Crippen LogP contribution in [0.1, 0.15) is 107 Å². The highest BCUT2D eigenvalue weighted by Crippen LogP contribution is 2.76. The highest BCUT2D eigenvalue weighted by atomic mass is 16.8. The summed E-state index contributed by atoms with van der Waals surface area (Å²) in [6.45, 7) is 12.7. The number of aliphatic carboxylic acids is 1. The Bertz CT molecular complexity index is 2290. The van der Waals surface area contributed by atoms with E-state index in [1.807, 2.05) is 6.92 Å². The maximum Gasteiger partial charge on any atom is 0.317 e. The quantitative estimate of drug-likeness (QED) is 0.0596. The summed E-state index contributed by atoms with van der Waals surface area (Å²) in [7, 11) is 0. The number of carbonyl (C=O) groups is 3. The third-order valence-corrected chi connectivity index (χ3v) is 21.0. The van der Waals surface area contributed by atoms with E-state index in [1.54, 1.807) is 0 Å². The van der Waals surface area contributed by atoms with Gasteiger partial charge in [0.15, 0.2) is 31.1 Å². The van der Waals surface area contributed by atoms with Crippen molar-refractivity contribution in [3.63, 3.8) is 0 Å².